The molecule has 1 atom stereocenters. The maximum atomic E-state index is 11.2. The summed E-state index contributed by atoms with van der Waals surface area (Å²) >= 11 is 0. The molecule has 0 spiro atoms. The van der Waals surface area contributed by atoms with E-state index in [9.17, 15) is 4.79 Å². The zero-order valence-electron chi connectivity index (χ0n) is 13.1. The Kier molecular flexibility index (Phi) is 6.21. The van der Waals surface area contributed by atoms with Crippen LogP contribution in [0, 0.1) is 0 Å². The lowest BCUT2D eigenvalue weighted by atomic mass is 10.1. The van der Waals surface area contributed by atoms with Gasteiger partial charge in [0.25, 0.3) is 0 Å². The lowest BCUT2D eigenvalue weighted by molar-refractivity contribution is -0.142. The molecular weight excluding hydrogens is 264 g/mol. The molecule has 21 heavy (non-hydrogen) atoms. The zero-order valence-corrected chi connectivity index (χ0v) is 13.1. The Balaban J connectivity index is 1.80. The van der Waals surface area contributed by atoms with Crippen molar-refractivity contribution in [2.45, 2.75) is 39.3 Å². The van der Waals surface area contributed by atoms with Crippen LogP contribution in [-0.2, 0) is 16.1 Å². The molecule has 1 fully saturated rings. The van der Waals surface area contributed by atoms with E-state index in [2.05, 4.69) is 41.4 Å². The second-order valence-corrected chi connectivity index (χ2v) is 5.57. The quantitative estimate of drug-likeness (QED) is 0.783. The predicted molar refractivity (Wildman–Crippen MR) is 84.0 cm³/mol. The third-order valence-electron chi connectivity index (χ3n) is 4.05. The summed E-state index contributed by atoms with van der Waals surface area (Å²) in [5.41, 5.74) is 2.56. The number of nitrogens with zero attached hydrogens (tertiary/aromatic N) is 1. The Morgan fingerprint density at radius 2 is 1.95 bits per heavy atom. The van der Waals surface area contributed by atoms with Crippen LogP contribution in [0.5, 0.6) is 0 Å². The molecule has 1 unspecified atom stereocenters. The standard InChI is InChI=1S/C17H26N2O2/c1-3-21-17(20)13-18-12-15-6-8-16(9-7-15)14(2)19-10-4-5-11-19/h6-9,14,18H,3-5,10-13H2,1-2H3. The molecule has 1 aromatic carbocycles. The number of nitrogens with one attached hydrogen (secondary N) is 1. The van der Waals surface area contributed by atoms with Gasteiger partial charge >= 0.3 is 5.97 Å². The van der Waals surface area contributed by atoms with Crippen molar-refractivity contribution in [3.8, 4) is 0 Å². The van der Waals surface area contributed by atoms with E-state index in [0.29, 0.717) is 19.2 Å². The summed E-state index contributed by atoms with van der Waals surface area (Å²) in [7, 11) is 0. The van der Waals surface area contributed by atoms with Gasteiger partial charge in [-0.3, -0.25) is 9.69 Å². The molecule has 116 valence electrons. The fraction of sp³-hybridized carbons (Fsp3) is 0.588. The minimum absolute atomic E-state index is 0.197. The first-order valence-electron chi connectivity index (χ1n) is 7.90. The molecule has 0 saturated carbocycles. The van der Waals surface area contributed by atoms with Crippen molar-refractivity contribution in [3.63, 3.8) is 0 Å². The number of esters is 1. The van der Waals surface area contributed by atoms with E-state index in [4.69, 9.17) is 4.74 Å². The Labute approximate surface area is 127 Å². The summed E-state index contributed by atoms with van der Waals surface area (Å²) in [6.45, 7) is 7.91. The SMILES string of the molecule is CCOC(=O)CNCc1ccc(C(C)N2CCCC2)cc1. The maximum absolute atomic E-state index is 11.2. The first-order valence-corrected chi connectivity index (χ1v) is 7.90. The van der Waals surface area contributed by atoms with Gasteiger partial charge in [-0.2, -0.15) is 0 Å². The molecule has 0 bridgehead atoms. The number of rotatable bonds is 7. The summed E-state index contributed by atoms with van der Waals surface area (Å²) < 4.78 is 4.88. The molecule has 1 aromatic rings. The van der Waals surface area contributed by atoms with Gasteiger partial charge in [-0.25, -0.2) is 0 Å². The summed E-state index contributed by atoms with van der Waals surface area (Å²) in [4.78, 5) is 13.8. The molecule has 0 radical (unpaired) electrons. The van der Waals surface area contributed by atoms with Gasteiger partial charge in [-0.1, -0.05) is 24.3 Å². The van der Waals surface area contributed by atoms with Gasteiger partial charge in [0.05, 0.1) is 13.2 Å². The molecule has 4 nitrogen and oxygen atoms in total. The third-order valence-corrected chi connectivity index (χ3v) is 4.05. The van der Waals surface area contributed by atoms with Gasteiger partial charge in [0, 0.05) is 12.6 Å². The normalized spacial score (nSPS) is 16.9. The number of hydrogen-bond acceptors (Lipinski definition) is 4. The van der Waals surface area contributed by atoms with Crippen LogP contribution in [0.4, 0.5) is 0 Å². The third kappa shape index (κ3) is 4.83. The number of hydrogen-bond donors (Lipinski definition) is 1. The van der Waals surface area contributed by atoms with Crippen molar-refractivity contribution >= 4 is 5.97 Å². The molecule has 4 heteroatoms. The average Bonchev–Trinajstić information content (AvgIpc) is 3.02. The summed E-state index contributed by atoms with van der Waals surface area (Å²) in [6, 6.07) is 9.17. The zero-order chi connectivity index (χ0) is 15.1. The second-order valence-electron chi connectivity index (χ2n) is 5.57. The maximum Gasteiger partial charge on any atom is 0.319 e. The molecule has 2 rings (SSSR count). The molecule has 1 aliphatic heterocycles. The van der Waals surface area contributed by atoms with Crippen molar-refractivity contribution < 1.29 is 9.53 Å². The fourth-order valence-electron chi connectivity index (χ4n) is 2.77. The molecule has 1 saturated heterocycles. The minimum Gasteiger partial charge on any atom is -0.465 e. The first-order chi connectivity index (χ1) is 10.2. The predicted octanol–water partition coefficient (Wildman–Crippen LogP) is 2.50. The second kappa shape index (κ2) is 8.15. The molecule has 0 aliphatic carbocycles. The molecular formula is C17H26N2O2. The van der Waals surface area contributed by atoms with Crippen LogP contribution in [0.3, 0.4) is 0 Å². The van der Waals surface area contributed by atoms with E-state index in [1.165, 1.54) is 37.1 Å². The highest BCUT2D eigenvalue weighted by Gasteiger charge is 2.18. The van der Waals surface area contributed by atoms with Crippen LogP contribution in [0.15, 0.2) is 24.3 Å². The highest BCUT2D eigenvalue weighted by Crippen LogP contribution is 2.24. The molecule has 1 N–H and O–H groups in total. The summed E-state index contributed by atoms with van der Waals surface area (Å²) in [6.07, 6.45) is 2.64. The Morgan fingerprint density at radius 3 is 2.57 bits per heavy atom. The van der Waals surface area contributed by atoms with E-state index < -0.39 is 0 Å². The van der Waals surface area contributed by atoms with Crippen LogP contribution in [0.1, 0.15) is 43.9 Å². The van der Waals surface area contributed by atoms with E-state index in [1.54, 1.807) is 0 Å². The average molecular weight is 290 g/mol. The van der Waals surface area contributed by atoms with Crippen LogP contribution >= 0.6 is 0 Å². The van der Waals surface area contributed by atoms with E-state index in [0.717, 1.165) is 0 Å². The Morgan fingerprint density at radius 1 is 1.29 bits per heavy atom. The Bertz CT molecular complexity index is 439. The smallest absolute Gasteiger partial charge is 0.319 e. The van der Waals surface area contributed by atoms with Crippen molar-refractivity contribution in [3.05, 3.63) is 35.4 Å². The van der Waals surface area contributed by atoms with Crippen molar-refractivity contribution in [1.82, 2.24) is 10.2 Å². The van der Waals surface area contributed by atoms with Crippen LogP contribution < -0.4 is 5.32 Å². The Hall–Kier alpha value is -1.39. The highest BCUT2D eigenvalue weighted by atomic mass is 16.5. The van der Waals surface area contributed by atoms with Crippen molar-refractivity contribution in [2.75, 3.05) is 26.2 Å². The number of carbonyl (C=O) groups excluding carboxylic acids is 1. The molecule has 1 heterocycles. The number of benzene rings is 1. The molecule has 0 aromatic heterocycles. The van der Waals surface area contributed by atoms with Crippen LogP contribution in [0.25, 0.3) is 0 Å². The van der Waals surface area contributed by atoms with Crippen molar-refractivity contribution in [2.24, 2.45) is 0 Å². The lowest BCUT2D eigenvalue weighted by Gasteiger charge is -2.24. The van der Waals surface area contributed by atoms with Gasteiger partial charge in [0.2, 0.25) is 0 Å². The molecule has 1 aliphatic rings. The number of ether oxygens (including phenoxy) is 1. The fourth-order valence-corrected chi connectivity index (χ4v) is 2.77. The number of likely N-dealkylation sites (tertiary alicyclic amines) is 1. The van der Waals surface area contributed by atoms with Crippen LogP contribution in [0.2, 0.25) is 0 Å². The highest BCUT2D eigenvalue weighted by molar-refractivity contribution is 5.71. The van der Waals surface area contributed by atoms with Crippen molar-refractivity contribution in [1.29, 1.82) is 0 Å². The largest absolute Gasteiger partial charge is 0.465 e. The first kappa shape index (κ1) is 16.0. The van der Waals surface area contributed by atoms with Gasteiger partial charge in [-0.05, 0) is 50.9 Å². The van der Waals surface area contributed by atoms with E-state index >= 15 is 0 Å². The minimum atomic E-state index is -0.197. The lowest BCUT2D eigenvalue weighted by Crippen LogP contribution is -2.24. The monoisotopic (exact) mass is 290 g/mol. The molecule has 0 amide bonds. The van der Waals surface area contributed by atoms with Crippen LogP contribution in [-0.4, -0.2) is 37.1 Å². The van der Waals surface area contributed by atoms with Gasteiger partial charge in [0.15, 0.2) is 0 Å². The number of carbonyl (C=O) groups is 1. The van der Waals surface area contributed by atoms with Gasteiger partial charge in [0.1, 0.15) is 0 Å². The van der Waals surface area contributed by atoms with Gasteiger partial charge in [-0.15, -0.1) is 0 Å². The summed E-state index contributed by atoms with van der Waals surface area (Å²) in [5, 5.41) is 3.11. The van der Waals surface area contributed by atoms with Gasteiger partial charge < -0.3 is 10.1 Å². The van der Waals surface area contributed by atoms with E-state index in [1.807, 2.05) is 6.92 Å². The summed E-state index contributed by atoms with van der Waals surface area (Å²) in [5.74, 6) is -0.197. The topological polar surface area (TPSA) is 41.6 Å². The van der Waals surface area contributed by atoms with E-state index in [-0.39, 0.29) is 12.5 Å².